The Bertz CT molecular complexity index is 169. The third kappa shape index (κ3) is 2.90. The fourth-order valence-electron chi connectivity index (χ4n) is 2.76. The standard InChI is InChI=1S/C12H23NS/c1-12(7-3-4-8-13-12)10-11-6-2-5-9-14-11/h11,13H,2-10H2,1H3. The molecule has 0 aromatic rings. The molecular weight excluding hydrogens is 190 g/mol. The molecule has 0 aromatic carbocycles. The van der Waals surface area contributed by atoms with Crippen LogP contribution < -0.4 is 5.32 Å². The Kier molecular flexibility index (Phi) is 3.78. The summed E-state index contributed by atoms with van der Waals surface area (Å²) in [5.41, 5.74) is 0.466. The van der Waals surface area contributed by atoms with Crippen molar-refractivity contribution in [1.29, 1.82) is 0 Å². The molecule has 2 aliphatic rings. The van der Waals surface area contributed by atoms with Crippen LogP contribution in [0.5, 0.6) is 0 Å². The predicted molar refractivity (Wildman–Crippen MR) is 65.0 cm³/mol. The number of thioether (sulfide) groups is 1. The first-order valence-corrected chi connectivity index (χ1v) is 7.20. The molecule has 2 heterocycles. The van der Waals surface area contributed by atoms with E-state index in [0.29, 0.717) is 5.54 Å². The maximum atomic E-state index is 3.73. The van der Waals surface area contributed by atoms with Gasteiger partial charge in [-0.2, -0.15) is 11.8 Å². The molecule has 0 aliphatic carbocycles. The van der Waals surface area contributed by atoms with Crippen LogP contribution >= 0.6 is 11.8 Å². The molecule has 2 rings (SSSR count). The highest BCUT2D eigenvalue weighted by atomic mass is 32.2. The van der Waals surface area contributed by atoms with Crippen molar-refractivity contribution in [3.63, 3.8) is 0 Å². The Labute approximate surface area is 92.4 Å². The van der Waals surface area contributed by atoms with E-state index in [-0.39, 0.29) is 0 Å². The largest absolute Gasteiger partial charge is 0.311 e. The molecule has 82 valence electrons. The molecule has 1 nitrogen and oxygen atoms in total. The topological polar surface area (TPSA) is 12.0 Å². The summed E-state index contributed by atoms with van der Waals surface area (Å²) < 4.78 is 0. The van der Waals surface area contributed by atoms with Gasteiger partial charge in [-0.05, 0) is 51.3 Å². The maximum Gasteiger partial charge on any atom is 0.0163 e. The molecular formula is C12H23NS. The highest BCUT2D eigenvalue weighted by Gasteiger charge is 2.30. The van der Waals surface area contributed by atoms with Gasteiger partial charge < -0.3 is 5.32 Å². The average Bonchev–Trinajstić information content (AvgIpc) is 2.19. The molecule has 0 radical (unpaired) electrons. The Morgan fingerprint density at radius 2 is 2.21 bits per heavy atom. The summed E-state index contributed by atoms with van der Waals surface area (Å²) in [7, 11) is 0. The van der Waals surface area contributed by atoms with Gasteiger partial charge in [-0.3, -0.25) is 0 Å². The molecule has 2 heteroatoms. The van der Waals surface area contributed by atoms with Crippen LogP contribution in [0, 0.1) is 0 Å². The SMILES string of the molecule is CC1(CC2CCCCS2)CCCCN1. The Morgan fingerprint density at radius 1 is 1.29 bits per heavy atom. The summed E-state index contributed by atoms with van der Waals surface area (Å²) in [5, 5.41) is 4.67. The highest BCUT2D eigenvalue weighted by molar-refractivity contribution is 7.99. The molecule has 2 atom stereocenters. The van der Waals surface area contributed by atoms with E-state index in [1.165, 1.54) is 57.2 Å². The Balaban J connectivity index is 1.81. The second-order valence-corrected chi connectivity index (χ2v) is 6.55. The lowest BCUT2D eigenvalue weighted by Crippen LogP contribution is -2.47. The van der Waals surface area contributed by atoms with Crippen molar-refractivity contribution in [3.8, 4) is 0 Å². The molecule has 2 aliphatic heterocycles. The monoisotopic (exact) mass is 213 g/mol. The molecule has 0 amide bonds. The first kappa shape index (κ1) is 10.8. The normalized spacial score (nSPS) is 39.6. The van der Waals surface area contributed by atoms with E-state index in [4.69, 9.17) is 0 Å². The van der Waals surface area contributed by atoms with Gasteiger partial charge in [0, 0.05) is 10.8 Å². The number of hydrogen-bond acceptors (Lipinski definition) is 2. The number of rotatable bonds is 2. The van der Waals surface area contributed by atoms with Gasteiger partial charge in [-0.1, -0.05) is 12.8 Å². The lowest BCUT2D eigenvalue weighted by atomic mass is 9.85. The summed E-state index contributed by atoms with van der Waals surface area (Å²) in [6, 6.07) is 0. The third-order valence-corrected chi connectivity index (χ3v) is 5.06. The van der Waals surface area contributed by atoms with Gasteiger partial charge in [0.25, 0.3) is 0 Å². The lowest BCUT2D eigenvalue weighted by Gasteiger charge is -2.38. The molecule has 14 heavy (non-hydrogen) atoms. The highest BCUT2D eigenvalue weighted by Crippen LogP contribution is 2.34. The Hall–Kier alpha value is 0.310. The van der Waals surface area contributed by atoms with Crippen molar-refractivity contribution in [2.75, 3.05) is 12.3 Å². The minimum Gasteiger partial charge on any atom is -0.311 e. The minimum absolute atomic E-state index is 0.466. The van der Waals surface area contributed by atoms with Crippen molar-refractivity contribution >= 4 is 11.8 Å². The van der Waals surface area contributed by atoms with Crippen LogP contribution in [0.15, 0.2) is 0 Å². The average molecular weight is 213 g/mol. The van der Waals surface area contributed by atoms with Crippen molar-refractivity contribution in [2.24, 2.45) is 0 Å². The van der Waals surface area contributed by atoms with Crippen LogP contribution in [0.1, 0.15) is 51.9 Å². The fourth-order valence-corrected chi connectivity index (χ4v) is 4.29. The van der Waals surface area contributed by atoms with E-state index < -0.39 is 0 Å². The van der Waals surface area contributed by atoms with Gasteiger partial charge in [0.1, 0.15) is 0 Å². The molecule has 2 unspecified atom stereocenters. The van der Waals surface area contributed by atoms with Gasteiger partial charge in [-0.25, -0.2) is 0 Å². The zero-order valence-corrected chi connectivity index (χ0v) is 10.2. The van der Waals surface area contributed by atoms with Crippen LogP contribution in [0.25, 0.3) is 0 Å². The van der Waals surface area contributed by atoms with Gasteiger partial charge in [-0.15, -0.1) is 0 Å². The quantitative estimate of drug-likeness (QED) is 0.756. The maximum absolute atomic E-state index is 3.73. The van der Waals surface area contributed by atoms with Crippen LogP contribution in [0.4, 0.5) is 0 Å². The predicted octanol–water partition coefficient (Wildman–Crippen LogP) is 3.19. The van der Waals surface area contributed by atoms with Gasteiger partial charge in [0.05, 0.1) is 0 Å². The summed E-state index contributed by atoms with van der Waals surface area (Å²) in [5.74, 6) is 1.40. The van der Waals surface area contributed by atoms with Gasteiger partial charge in [0.2, 0.25) is 0 Å². The van der Waals surface area contributed by atoms with Crippen LogP contribution in [-0.2, 0) is 0 Å². The molecule has 0 saturated carbocycles. The van der Waals surface area contributed by atoms with Crippen molar-refractivity contribution in [3.05, 3.63) is 0 Å². The first-order valence-electron chi connectivity index (χ1n) is 6.15. The van der Waals surface area contributed by atoms with Crippen LogP contribution in [0.2, 0.25) is 0 Å². The molecule has 0 spiro atoms. The molecule has 2 fully saturated rings. The second kappa shape index (κ2) is 4.89. The van der Waals surface area contributed by atoms with E-state index in [0.717, 1.165) is 5.25 Å². The van der Waals surface area contributed by atoms with Crippen LogP contribution in [0.3, 0.4) is 0 Å². The number of piperidine rings is 1. The van der Waals surface area contributed by atoms with E-state index in [1.807, 2.05) is 0 Å². The van der Waals surface area contributed by atoms with E-state index in [2.05, 4.69) is 24.0 Å². The minimum atomic E-state index is 0.466. The molecule has 2 saturated heterocycles. The molecule has 1 N–H and O–H groups in total. The summed E-state index contributed by atoms with van der Waals surface area (Å²) >= 11 is 2.22. The summed E-state index contributed by atoms with van der Waals surface area (Å²) in [4.78, 5) is 0. The van der Waals surface area contributed by atoms with Crippen molar-refractivity contribution in [1.82, 2.24) is 5.32 Å². The number of nitrogens with one attached hydrogen (secondary N) is 1. The first-order chi connectivity index (χ1) is 6.79. The van der Waals surface area contributed by atoms with Crippen molar-refractivity contribution < 1.29 is 0 Å². The van der Waals surface area contributed by atoms with Crippen LogP contribution in [-0.4, -0.2) is 23.1 Å². The van der Waals surface area contributed by atoms with E-state index in [1.54, 1.807) is 0 Å². The fraction of sp³-hybridized carbons (Fsp3) is 1.00. The van der Waals surface area contributed by atoms with E-state index in [9.17, 15) is 0 Å². The smallest absolute Gasteiger partial charge is 0.0163 e. The zero-order valence-electron chi connectivity index (χ0n) is 9.35. The summed E-state index contributed by atoms with van der Waals surface area (Å²) in [6.45, 7) is 3.68. The van der Waals surface area contributed by atoms with Crippen molar-refractivity contribution in [2.45, 2.75) is 62.7 Å². The van der Waals surface area contributed by atoms with E-state index >= 15 is 0 Å². The third-order valence-electron chi connectivity index (χ3n) is 3.66. The Morgan fingerprint density at radius 3 is 2.86 bits per heavy atom. The number of hydrogen-bond donors (Lipinski definition) is 1. The van der Waals surface area contributed by atoms with Gasteiger partial charge in [0.15, 0.2) is 0 Å². The molecule has 0 aromatic heterocycles. The summed E-state index contributed by atoms with van der Waals surface area (Å²) in [6.07, 6.45) is 9.98. The zero-order chi connectivity index (χ0) is 9.86. The lowest BCUT2D eigenvalue weighted by molar-refractivity contribution is 0.255. The second-order valence-electron chi connectivity index (χ2n) is 5.14. The molecule has 0 bridgehead atoms. The van der Waals surface area contributed by atoms with Gasteiger partial charge >= 0.3 is 0 Å².